The van der Waals surface area contributed by atoms with Gasteiger partial charge in [0.25, 0.3) is 5.91 Å². The zero-order valence-electron chi connectivity index (χ0n) is 17.9. The van der Waals surface area contributed by atoms with Crippen LogP contribution in [0, 0.1) is 22.7 Å². The van der Waals surface area contributed by atoms with E-state index in [1.807, 2.05) is 0 Å². The van der Waals surface area contributed by atoms with Crippen molar-refractivity contribution in [3.8, 4) is 6.07 Å². The van der Waals surface area contributed by atoms with Crippen molar-refractivity contribution in [1.29, 1.82) is 5.26 Å². The number of hydrogen-bond acceptors (Lipinski definition) is 6. The van der Waals surface area contributed by atoms with Crippen LogP contribution in [0.25, 0.3) is 0 Å². The molecular weight excluding hydrogens is 455 g/mol. The molecule has 2 aliphatic heterocycles. The molecular formula is C22H22F3N5O2S. The molecule has 2 aliphatic rings. The smallest absolute Gasteiger partial charge is 0.370 e. The lowest BCUT2D eigenvalue weighted by Crippen LogP contribution is -2.49. The molecule has 0 radical (unpaired) electrons. The number of thiazole rings is 1. The summed E-state index contributed by atoms with van der Waals surface area (Å²) >= 11 is 1.34. The van der Waals surface area contributed by atoms with E-state index in [-0.39, 0.29) is 18.4 Å². The molecule has 2 fully saturated rings. The van der Waals surface area contributed by atoms with Crippen LogP contribution in [-0.2, 0) is 11.0 Å². The van der Waals surface area contributed by atoms with Gasteiger partial charge in [0.15, 0.2) is 0 Å². The summed E-state index contributed by atoms with van der Waals surface area (Å²) in [4.78, 5) is 33.0. The summed E-state index contributed by atoms with van der Waals surface area (Å²) in [5.74, 6) is -0.746. The number of amides is 2. The van der Waals surface area contributed by atoms with Gasteiger partial charge in [-0.05, 0) is 31.0 Å². The van der Waals surface area contributed by atoms with Gasteiger partial charge in [0.1, 0.15) is 5.69 Å². The number of halogens is 3. The van der Waals surface area contributed by atoms with Crippen molar-refractivity contribution in [2.75, 3.05) is 38.1 Å². The number of carbonyl (C=O) groups is 2. The van der Waals surface area contributed by atoms with E-state index in [2.05, 4.69) is 10.3 Å². The fourth-order valence-corrected chi connectivity index (χ4v) is 5.43. The highest BCUT2D eigenvalue weighted by Crippen LogP contribution is 2.47. The van der Waals surface area contributed by atoms with Gasteiger partial charge in [0.05, 0.1) is 28.6 Å². The van der Waals surface area contributed by atoms with Crippen molar-refractivity contribution in [1.82, 2.24) is 15.2 Å². The van der Waals surface area contributed by atoms with E-state index >= 15 is 0 Å². The minimum atomic E-state index is -4.65. The van der Waals surface area contributed by atoms with E-state index in [1.165, 1.54) is 23.5 Å². The van der Waals surface area contributed by atoms with Crippen LogP contribution in [0.3, 0.4) is 0 Å². The van der Waals surface area contributed by atoms with Crippen molar-refractivity contribution >= 4 is 28.8 Å². The van der Waals surface area contributed by atoms with Crippen LogP contribution in [-0.4, -0.2) is 54.9 Å². The van der Waals surface area contributed by atoms with Gasteiger partial charge in [-0.25, -0.2) is 4.98 Å². The number of hydrogen-bond donors (Lipinski definition) is 1. The Hall–Kier alpha value is -3.13. The number of aromatic nitrogens is 1. The molecule has 2 saturated heterocycles. The summed E-state index contributed by atoms with van der Waals surface area (Å²) < 4.78 is 40.4. The molecule has 174 valence electrons. The van der Waals surface area contributed by atoms with Crippen molar-refractivity contribution in [2.45, 2.75) is 19.0 Å². The number of benzene rings is 1. The Labute approximate surface area is 192 Å². The second-order valence-corrected chi connectivity index (χ2v) is 9.13. The van der Waals surface area contributed by atoms with Gasteiger partial charge in [0, 0.05) is 49.7 Å². The first-order valence-corrected chi connectivity index (χ1v) is 11.4. The first kappa shape index (κ1) is 23.0. The van der Waals surface area contributed by atoms with Gasteiger partial charge in [-0.2, -0.15) is 18.4 Å². The van der Waals surface area contributed by atoms with Gasteiger partial charge in [-0.1, -0.05) is 0 Å². The van der Waals surface area contributed by atoms with Gasteiger partial charge in [-0.3, -0.25) is 9.59 Å². The molecule has 7 nitrogen and oxygen atoms in total. The molecule has 0 aliphatic carbocycles. The average Bonchev–Trinajstić information content (AvgIpc) is 3.46. The summed E-state index contributed by atoms with van der Waals surface area (Å²) in [6.07, 6.45) is -3.54. The summed E-state index contributed by atoms with van der Waals surface area (Å²) in [7, 11) is 1.54. The number of alkyl halides is 3. The van der Waals surface area contributed by atoms with Crippen molar-refractivity contribution < 1.29 is 22.8 Å². The number of nitrogens with one attached hydrogen (secondary N) is 1. The molecule has 4 rings (SSSR count). The maximum absolute atomic E-state index is 13.5. The predicted molar refractivity (Wildman–Crippen MR) is 116 cm³/mol. The van der Waals surface area contributed by atoms with E-state index in [0.29, 0.717) is 43.9 Å². The molecule has 2 aromatic rings. The molecule has 1 N–H and O–H groups in total. The molecule has 1 unspecified atom stereocenters. The molecule has 3 heterocycles. The summed E-state index contributed by atoms with van der Waals surface area (Å²) in [5, 5.41) is 13.4. The highest BCUT2D eigenvalue weighted by molar-refractivity contribution is 7.07. The Kier molecular flexibility index (Phi) is 6.05. The normalized spacial score (nSPS) is 20.0. The highest BCUT2D eigenvalue weighted by atomic mass is 32.1. The average molecular weight is 478 g/mol. The molecule has 1 atom stereocenters. The fraction of sp³-hybridized carbons (Fsp3) is 0.455. The van der Waals surface area contributed by atoms with Gasteiger partial charge < -0.3 is 15.1 Å². The molecule has 1 aromatic carbocycles. The maximum Gasteiger partial charge on any atom is 0.417 e. The minimum absolute atomic E-state index is 0.153. The molecule has 2 amide bonds. The zero-order valence-corrected chi connectivity index (χ0v) is 18.7. The van der Waals surface area contributed by atoms with Gasteiger partial charge >= 0.3 is 6.18 Å². The van der Waals surface area contributed by atoms with Crippen molar-refractivity contribution in [3.63, 3.8) is 0 Å². The maximum atomic E-state index is 13.5. The first-order valence-electron chi connectivity index (χ1n) is 10.4. The Morgan fingerprint density at radius 1 is 1.30 bits per heavy atom. The van der Waals surface area contributed by atoms with Crippen LogP contribution >= 0.6 is 11.3 Å². The fourth-order valence-electron chi connectivity index (χ4n) is 4.90. The molecule has 11 heteroatoms. The number of carbonyl (C=O) groups excluding carboxylic acids is 2. The van der Waals surface area contributed by atoms with Crippen LogP contribution in [0.2, 0.25) is 0 Å². The van der Waals surface area contributed by atoms with E-state index in [4.69, 9.17) is 5.26 Å². The number of nitrogens with zero attached hydrogens (tertiary/aromatic N) is 4. The van der Waals surface area contributed by atoms with Crippen LogP contribution in [0.5, 0.6) is 0 Å². The van der Waals surface area contributed by atoms with Crippen LogP contribution in [0.4, 0.5) is 18.9 Å². The molecule has 1 aromatic heterocycles. The monoisotopic (exact) mass is 477 g/mol. The molecule has 0 saturated carbocycles. The predicted octanol–water partition coefficient (Wildman–Crippen LogP) is 3.14. The number of anilines is 1. The van der Waals surface area contributed by atoms with Crippen molar-refractivity contribution in [3.05, 3.63) is 45.9 Å². The summed E-state index contributed by atoms with van der Waals surface area (Å²) in [6, 6.07) is 5.25. The van der Waals surface area contributed by atoms with E-state index in [0.717, 1.165) is 6.07 Å². The Morgan fingerprint density at radius 2 is 2.03 bits per heavy atom. The second kappa shape index (κ2) is 8.67. The molecule has 1 spiro atoms. The Morgan fingerprint density at radius 3 is 2.61 bits per heavy atom. The third-order valence-electron chi connectivity index (χ3n) is 6.70. The van der Waals surface area contributed by atoms with E-state index in [1.54, 1.807) is 33.8 Å². The lowest BCUT2D eigenvalue weighted by atomic mass is 9.70. The van der Waals surface area contributed by atoms with Crippen LogP contribution in [0.15, 0.2) is 29.1 Å². The standard InChI is InChI=1S/C22H22F3N5O2S/c1-27-19(31)17-10-30(15-3-2-14(9-26)16(8-15)22(23,24)25)12-21(17)4-6-29(7-5-21)20(32)18-11-33-13-28-18/h2-3,8,11,13,17H,4-7,10,12H2,1H3,(H,27,31). The van der Waals surface area contributed by atoms with E-state index < -0.39 is 28.6 Å². The largest absolute Gasteiger partial charge is 0.417 e. The van der Waals surface area contributed by atoms with Crippen molar-refractivity contribution in [2.24, 2.45) is 11.3 Å². The van der Waals surface area contributed by atoms with Crippen LogP contribution < -0.4 is 10.2 Å². The lowest BCUT2D eigenvalue weighted by Gasteiger charge is -2.41. The highest BCUT2D eigenvalue weighted by Gasteiger charge is 2.51. The number of likely N-dealkylation sites (tertiary alicyclic amines) is 1. The third-order valence-corrected chi connectivity index (χ3v) is 7.29. The quantitative estimate of drug-likeness (QED) is 0.734. The number of nitriles is 1. The first-order chi connectivity index (χ1) is 15.7. The summed E-state index contributed by atoms with van der Waals surface area (Å²) in [5.41, 5.74) is 0.436. The Balaban J connectivity index is 1.58. The minimum Gasteiger partial charge on any atom is -0.370 e. The SMILES string of the molecule is CNC(=O)C1CN(c2ccc(C#N)c(C(F)(F)F)c2)CC12CCN(C(=O)c1cscn1)CC2. The number of piperidine rings is 1. The van der Waals surface area contributed by atoms with Crippen LogP contribution in [0.1, 0.15) is 34.5 Å². The third kappa shape index (κ3) is 4.27. The number of rotatable bonds is 3. The molecule has 33 heavy (non-hydrogen) atoms. The summed E-state index contributed by atoms with van der Waals surface area (Å²) in [6.45, 7) is 1.55. The molecule has 0 bridgehead atoms. The second-order valence-electron chi connectivity index (χ2n) is 8.42. The van der Waals surface area contributed by atoms with Gasteiger partial charge in [0.2, 0.25) is 5.91 Å². The zero-order chi connectivity index (χ0) is 23.8. The Bertz CT molecular complexity index is 1090. The lowest BCUT2D eigenvalue weighted by molar-refractivity contribution is -0.137. The topological polar surface area (TPSA) is 89.3 Å². The van der Waals surface area contributed by atoms with E-state index in [9.17, 15) is 22.8 Å². The van der Waals surface area contributed by atoms with Gasteiger partial charge in [-0.15, -0.1) is 11.3 Å².